The number of hydrogen-bond acceptors (Lipinski definition) is 6. The van der Waals surface area contributed by atoms with Crippen LogP contribution in [0.2, 0.25) is 0 Å². The van der Waals surface area contributed by atoms with Gasteiger partial charge in [-0.1, -0.05) is 6.42 Å². The van der Waals surface area contributed by atoms with Crippen molar-refractivity contribution in [1.82, 2.24) is 14.5 Å². The van der Waals surface area contributed by atoms with Crippen molar-refractivity contribution in [2.24, 2.45) is 5.92 Å². The zero-order valence-corrected chi connectivity index (χ0v) is 20.6. The highest BCUT2D eigenvalue weighted by molar-refractivity contribution is 7.89. The Kier molecular flexibility index (Phi) is 6.61. The molecule has 1 saturated carbocycles. The van der Waals surface area contributed by atoms with Crippen molar-refractivity contribution in [2.75, 3.05) is 25.0 Å². The molecule has 2 heterocycles. The summed E-state index contributed by atoms with van der Waals surface area (Å²) >= 11 is 0. The van der Waals surface area contributed by atoms with Crippen LogP contribution >= 0.6 is 0 Å². The van der Waals surface area contributed by atoms with Gasteiger partial charge in [-0.15, -0.1) is 0 Å². The van der Waals surface area contributed by atoms with Gasteiger partial charge in [0.05, 0.1) is 16.7 Å². The van der Waals surface area contributed by atoms with Crippen LogP contribution in [0.4, 0.5) is 10.5 Å². The number of nitrogens with zero attached hydrogens (tertiary/aromatic N) is 2. The number of carbonyl (C=O) groups is 3. The standard InChI is InChI=1S/C23H32N4O6S/c1-15(2)33-19-10-9-17(34(31,32)26-11-5-4-6-12-26)13-18(19)24-20(28)14-27-21(29)23(3,16-7-8-16)25-22(27)30/h9-10,13,15-16H,4-8,11-12,14H2,1-3H3,(H,24,28)(H,25,30)/t23-/m0/s1. The van der Waals surface area contributed by atoms with Crippen LogP contribution in [0.5, 0.6) is 5.75 Å². The summed E-state index contributed by atoms with van der Waals surface area (Å²) in [6.07, 6.45) is 4.11. The molecule has 1 aromatic carbocycles. The van der Waals surface area contributed by atoms with Crippen molar-refractivity contribution in [2.45, 2.75) is 69.4 Å². The van der Waals surface area contributed by atoms with E-state index in [0.717, 1.165) is 37.0 Å². The molecule has 4 rings (SSSR count). The van der Waals surface area contributed by atoms with E-state index in [0.29, 0.717) is 18.8 Å². The molecule has 0 unspecified atom stereocenters. The van der Waals surface area contributed by atoms with Gasteiger partial charge in [0.25, 0.3) is 5.91 Å². The van der Waals surface area contributed by atoms with Gasteiger partial charge in [0.1, 0.15) is 17.8 Å². The SMILES string of the molecule is CC(C)Oc1ccc(S(=O)(=O)N2CCCCC2)cc1NC(=O)CN1C(=O)N[C@@](C)(C2CC2)C1=O. The summed E-state index contributed by atoms with van der Waals surface area (Å²) in [7, 11) is -3.73. The summed E-state index contributed by atoms with van der Waals surface area (Å²) in [4.78, 5) is 39.0. The molecule has 2 aliphatic heterocycles. The number of imide groups is 1. The molecule has 0 spiro atoms. The minimum absolute atomic E-state index is 0.0529. The Morgan fingerprint density at radius 2 is 1.88 bits per heavy atom. The van der Waals surface area contributed by atoms with Crippen LogP contribution in [-0.2, 0) is 19.6 Å². The van der Waals surface area contributed by atoms with Gasteiger partial charge in [0.2, 0.25) is 15.9 Å². The van der Waals surface area contributed by atoms with E-state index in [9.17, 15) is 22.8 Å². The van der Waals surface area contributed by atoms with Crippen LogP contribution in [-0.4, -0.2) is 66.7 Å². The highest BCUT2D eigenvalue weighted by Gasteiger charge is 2.56. The van der Waals surface area contributed by atoms with E-state index in [-0.39, 0.29) is 22.6 Å². The molecule has 34 heavy (non-hydrogen) atoms. The van der Waals surface area contributed by atoms with E-state index >= 15 is 0 Å². The molecule has 1 atom stereocenters. The maximum atomic E-state index is 13.1. The Bertz CT molecular complexity index is 1090. The number of benzene rings is 1. The second-order valence-electron chi connectivity index (χ2n) is 9.64. The minimum Gasteiger partial charge on any atom is -0.489 e. The van der Waals surface area contributed by atoms with Gasteiger partial charge in [0, 0.05) is 13.1 Å². The fraction of sp³-hybridized carbons (Fsp3) is 0.609. The lowest BCUT2D eigenvalue weighted by atomic mass is 9.96. The number of hydrogen-bond donors (Lipinski definition) is 2. The molecule has 3 aliphatic rings. The Labute approximate surface area is 200 Å². The predicted octanol–water partition coefficient (Wildman–Crippen LogP) is 2.31. The summed E-state index contributed by atoms with van der Waals surface area (Å²) in [6.45, 7) is 5.76. The summed E-state index contributed by atoms with van der Waals surface area (Å²) < 4.78 is 33.5. The van der Waals surface area contributed by atoms with Gasteiger partial charge in [-0.3, -0.25) is 14.5 Å². The molecule has 1 aromatic rings. The van der Waals surface area contributed by atoms with Crippen LogP contribution < -0.4 is 15.4 Å². The molecule has 11 heteroatoms. The van der Waals surface area contributed by atoms with Crippen molar-refractivity contribution in [3.05, 3.63) is 18.2 Å². The van der Waals surface area contributed by atoms with Crippen LogP contribution in [0, 0.1) is 5.92 Å². The van der Waals surface area contributed by atoms with E-state index in [1.54, 1.807) is 6.92 Å². The number of rotatable bonds is 8. The normalized spacial score (nSPS) is 23.8. The van der Waals surface area contributed by atoms with Gasteiger partial charge in [0.15, 0.2) is 0 Å². The van der Waals surface area contributed by atoms with E-state index in [1.807, 2.05) is 13.8 Å². The van der Waals surface area contributed by atoms with E-state index in [4.69, 9.17) is 4.74 Å². The topological polar surface area (TPSA) is 125 Å². The van der Waals surface area contributed by atoms with Gasteiger partial charge in [-0.2, -0.15) is 4.31 Å². The first-order valence-electron chi connectivity index (χ1n) is 11.8. The molecule has 1 aliphatic carbocycles. The smallest absolute Gasteiger partial charge is 0.325 e. The molecular weight excluding hydrogens is 460 g/mol. The second kappa shape index (κ2) is 9.18. The van der Waals surface area contributed by atoms with Gasteiger partial charge < -0.3 is 15.4 Å². The van der Waals surface area contributed by atoms with E-state index in [1.165, 1.54) is 22.5 Å². The monoisotopic (exact) mass is 492 g/mol. The van der Waals surface area contributed by atoms with Crippen LogP contribution in [0.25, 0.3) is 0 Å². The molecule has 10 nitrogen and oxygen atoms in total. The lowest BCUT2D eigenvalue weighted by molar-refractivity contribution is -0.134. The minimum atomic E-state index is -3.73. The lowest BCUT2D eigenvalue weighted by Gasteiger charge is -2.26. The van der Waals surface area contributed by atoms with Gasteiger partial charge in [-0.25, -0.2) is 13.2 Å². The Hall–Kier alpha value is -2.66. The molecule has 2 saturated heterocycles. The number of amides is 4. The van der Waals surface area contributed by atoms with Crippen molar-refractivity contribution in [1.29, 1.82) is 0 Å². The molecular formula is C23H32N4O6S. The number of piperidine rings is 1. The first-order chi connectivity index (χ1) is 16.0. The molecule has 186 valence electrons. The Morgan fingerprint density at radius 1 is 1.21 bits per heavy atom. The molecule has 3 fully saturated rings. The lowest BCUT2D eigenvalue weighted by Crippen LogP contribution is -2.46. The number of ether oxygens (including phenoxy) is 1. The Balaban J connectivity index is 1.54. The summed E-state index contributed by atoms with van der Waals surface area (Å²) in [5, 5.41) is 5.36. The fourth-order valence-corrected chi connectivity index (χ4v) is 6.05. The molecule has 0 radical (unpaired) electrons. The maximum absolute atomic E-state index is 13.1. The van der Waals surface area contributed by atoms with E-state index < -0.39 is 40.0 Å². The Morgan fingerprint density at radius 3 is 2.50 bits per heavy atom. The summed E-state index contributed by atoms with van der Waals surface area (Å²) in [6, 6.07) is 3.76. The maximum Gasteiger partial charge on any atom is 0.325 e. The van der Waals surface area contributed by atoms with Crippen molar-refractivity contribution >= 4 is 33.6 Å². The molecule has 4 amide bonds. The van der Waals surface area contributed by atoms with Crippen molar-refractivity contribution in [3.8, 4) is 5.75 Å². The number of anilines is 1. The molecule has 0 aromatic heterocycles. The number of urea groups is 1. The number of sulfonamides is 1. The van der Waals surface area contributed by atoms with Gasteiger partial charge >= 0.3 is 6.03 Å². The van der Waals surface area contributed by atoms with Crippen LogP contribution in [0.15, 0.2) is 23.1 Å². The first kappa shape index (κ1) is 24.5. The average molecular weight is 493 g/mol. The first-order valence-corrected chi connectivity index (χ1v) is 13.2. The fourth-order valence-electron chi connectivity index (χ4n) is 4.51. The highest BCUT2D eigenvalue weighted by atomic mass is 32.2. The number of nitrogens with one attached hydrogen (secondary N) is 2. The highest BCUT2D eigenvalue weighted by Crippen LogP contribution is 2.42. The molecule has 0 bridgehead atoms. The average Bonchev–Trinajstić information content (AvgIpc) is 3.61. The largest absolute Gasteiger partial charge is 0.489 e. The second-order valence-corrected chi connectivity index (χ2v) is 11.6. The zero-order chi connectivity index (χ0) is 24.7. The van der Waals surface area contributed by atoms with Crippen LogP contribution in [0.1, 0.15) is 52.9 Å². The molecule has 2 N–H and O–H groups in total. The summed E-state index contributed by atoms with van der Waals surface area (Å²) in [5.74, 6) is -0.652. The predicted molar refractivity (Wildman–Crippen MR) is 125 cm³/mol. The number of carbonyl (C=O) groups excluding carboxylic acids is 3. The van der Waals surface area contributed by atoms with Crippen molar-refractivity contribution in [3.63, 3.8) is 0 Å². The summed E-state index contributed by atoms with van der Waals surface area (Å²) in [5.41, 5.74) is -0.806. The van der Waals surface area contributed by atoms with Crippen molar-refractivity contribution < 1.29 is 27.5 Å². The van der Waals surface area contributed by atoms with Crippen LogP contribution in [0.3, 0.4) is 0 Å². The van der Waals surface area contributed by atoms with Gasteiger partial charge in [-0.05, 0) is 70.6 Å². The third-order valence-corrected chi connectivity index (χ3v) is 8.43. The zero-order valence-electron chi connectivity index (χ0n) is 19.8. The van der Waals surface area contributed by atoms with E-state index in [2.05, 4.69) is 10.6 Å². The third kappa shape index (κ3) is 4.76. The third-order valence-electron chi connectivity index (χ3n) is 6.54. The quantitative estimate of drug-likeness (QED) is 0.537.